The van der Waals surface area contributed by atoms with Crippen LogP contribution in [0.4, 0.5) is 5.69 Å². The number of carbonyl (C=O) groups excluding carboxylic acids is 1. The third kappa shape index (κ3) is 4.77. The molecular formula is C20H22N6O5S. The number of morpholine rings is 1. The Morgan fingerprint density at radius 3 is 2.56 bits per heavy atom. The third-order valence-electron chi connectivity index (χ3n) is 4.95. The van der Waals surface area contributed by atoms with E-state index in [9.17, 15) is 13.2 Å². The molecule has 2 heterocycles. The number of nitrogens with one attached hydrogen (secondary N) is 1. The first-order valence-corrected chi connectivity index (χ1v) is 11.3. The molecule has 0 saturated carbocycles. The highest BCUT2D eigenvalue weighted by molar-refractivity contribution is 7.89. The van der Waals surface area contributed by atoms with E-state index in [0.717, 1.165) is 5.69 Å². The molecule has 1 amide bonds. The summed E-state index contributed by atoms with van der Waals surface area (Å²) in [6, 6.07) is 11.7. The number of hydrogen-bond donors (Lipinski definition) is 1. The molecule has 0 spiro atoms. The van der Waals surface area contributed by atoms with Crippen molar-refractivity contribution in [3.8, 4) is 11.4 Å². The minimum atomic E-state index is -3.77. The van der Waals surface area contributed by atoms with E-state index in [-0.39, 0.29) is 36.1 Å². The zero-order valence-electron chi connectivity index (χ0n) is 17.3. The molecule has 0 bridgehead atoms. The number of ether oxygens (including phenoxy) is 2. The summed E-state index contributed by atoms with van der Waals surface area (Å²) in [5.41, 5.74) is 1.91. The molecule has 1 saturated heterocycles. The van der Waals surface area contributed by atoms with Crippen molar-refractivity contribution in [3.63, 3.8) is 0 Å². The van der Waals surface area contributed by atoms with Gasteiger partial charge in [0, 0.05) is 18.8 Å². The summed E-state index contributed by atoms with van der Waals surface area (Å²) in [7, 11) is -2.35. The number of sulfonamides is 1. The number of rotatable bonds is 7. The van der Waals surface area contributed by atoms with Gasteiger partial charge in [-0.1, -0.05) is 6.07 Å². The van der Waals surface area contributed by atoms with Crippen LogP contribution in [0.2, 0.25) is 0 Å². The molecule has 12 heteroatoms. The molecule has 2 aromatic carbocycles. The second kappa shape index (κ2) is 9.42. The van der Waals surface area contributed by atoms with Crippen molar-refractivity contribution in [2.24, 2.45) is 0 Å². The maximum absolute atomic E-state index is 13.1. The Bertz CT molecular complexity index is 1180. The van der Waals surface area contributed by atoms with Gasteiger partial charge in [-0.25, -0.2) is 13.1 Å². The van der Waals surface area contributed by atoms with Crippen LogP contribution >= 0.6 is 0 Å². The quantitative estimate of drug-likeness (QED) is 0.552. The fourth-order valence-corrected chi connectivity index (χ4v) is 4.94. The zero-order valence-corrected chi connectivity index (χ0v) is 18.2. The molecule has 1 aliphatic rings. The third-order valence-corrected chi connectivity index (χ3v) is 6.87. The second-order valence-electron chi connectivity index (χ2n) is 7.03. The smallest absolute Gasteiger partial charge is 0.246 e. The predicted octanol–water partition coefficient (Wildman–Crippen LogP) is 0.873. The molecule has 0 atom stereocenters. The summed E-state index contributed by atoms with van der Waals surface area (Å²) in [5, 5.41) is 13.8. The van der Waals surface area contributed by atoms with Crippen molar-refractivity contribution in [1.29, 1.82) is 0 Å². The van der Waals surface area contributed by atoms with Crippen molar-refractivity contribution < 1.29 is 22.7 Å². The molecule has 11 nitrogen and oxygen atoms in total. The molecule has 32 heavy (non-hydrogen) atoms. The van der Waals surface area contributed by atoms with Gasteiger partial charge < -0.3 is 14.8 Å². The summed E-state index contributed by atoms with van der Waals surface area (Å²) in [4.78, 5) is 12.6. The summed E-state index contributed by atoms with van der Waals surface area (Å²) < 4.78 is 39.6. The summed E-state index contributed by atoms with van der Waals surface area (Å²) in [5.74, 6) is -0.0427. The van der Waals surface area contributed by atoms with Gasteiger partial charge in [-0.05, 0) is 52.4 Å². The number of tetrazole rings is 1. The molecule has 1 aromatic heterocycles. The summed E-state index contributed by atoms with van der Waals surface area (Å²) in [6.45, 7) is 1.24. The molecule has 3 aromatic rings. The number of anilines is 1. The summed E-state index contributed by atoms with van der Waals surface area (Å²) in [6.07, 6.45) is 1.48. The lowest BCUT2D eigenvalue weighted by Crippen LogP contribution is -2.40. The van der Waals surface area contributed by atoms with Gasteiger partial charge in [-0.2, -0.15) is 4.31 Å². The Kier molecular flexibility index (Phi) is 6.44. The predicted molar refractivity (Wildman–Crippen MR) is 114 cm³/mol. The normalized spacial score (nSPS) is 14.8. The summed E-state index contributed by atoms with van der Waals surface area (Å²) >= 11 is 0. The number of benzene rings is 2. The molecule has 1 aliphatic heterocycles. The van der Waals surface area contributed by atoms with E-state index < -0.39 is 10.0 Å². The fourth-order valence-electron chi connectivity index (χ4n) is 3.33. The lowest BCUT2D eigenvalue weighted by molar-refractivity contribution is -0.115. The molecule has 0 aliphatic carbocycles. The van der Waals surface area contributed by atoms with E-state index in [4.69, 9.17) is 9.47 Å². The highest BCUT2D eigenvalue weighted by Crippen LogP contribution is 2.28. The molecule has 0 unspecified atom stereocenters. The SMILES string of the molecule is COc1ccc(CC(=O)Nc2ccc(-n3cnnn3)cc2)cc1S(=O)(=O)N1CCOCC1. The molecule has 4 rings (SSSR count). The van der Waals surface area contributed by atoms with Crippen molar-refractivity contribution in [2.75, 3.05) is 38.7 Å². The Morgan fingerprint density at radius 2 is 1.91 bits per heavy atom. The van der Waals surface area contributed by atoms with E-state index in [2.05, 4.69) is 20.8 Å². The molecular weight excluding hydrogens is 436 g/mol. The monoisotopic (exact) mass is 458 g/mol. The van der Waals surface area contributed by atoms with Crippen molar-refractivity contribution in [3.05, 3.63) is 54.4 Å². The zero-order chi connectivity index (χ0) is 22.6. The van der Waals surface area contributed by atoms with Crippen LogP contribution in [0.5, 0.6) is 5.75 Å². The highest BCUT2D eigenvalue weighted by atomic mass is 32.2. The Labute approximate surface area is 185 Å². The van der Waals surface area contributed by atoms with Gasteiger partial charge in [0.15, 0.2) is 0 Å². The molecule has 0 radical (unpaired) electrons. The standard InChI is InChI=1S/C20H22N6O5S/c1-30-18-7-2-15(12-19(18)32(28,29)25-8-10-31-11-9-25)13-20(27)22-16-3-5-17(6-4-16)26-14-21-23-24-26/h2-7,12,14H,8-11,13H2,1H3,(H,22,27). The minimum Gasteiger partial charge on any atom is -0.495 e. The number of methoxy groups -OCH3 is 1. The van der Waals surface area contributed by atoms with Crippen LogP contribution < -0.4 is 10.1 Å². The average Bonchev–Trinajstić information content (AvgIpc) is 3.35. The van der Waals surface area contributed by atoms with E-state index in [0.29, 0.717) is 24.5 Å². The van der Waals surface area contributed by atoms with Crippen LogP contribution in [0, 0.1) is 0 Å². The number of amides is 1. The number of hydrogen-bond acceptors (Lipinski definition) is 8. The van der Waals surface area contributed by atoms with Gasteiger partial charge in [-0.3, -0.25) is 4.79 Å². The largest absolute Gasteiger partial charge is 0.495 e. The van der Waals surface area contributed by atoms with Gasteiger partial charge >= 0.3 is 0 Å². The van der Waals surface area contributed by atoms with Crippen LogP contribution in [-0.4, -0.2) is 72.3 Å². The van der Waals surface area contributed by atoms with Gasteiger partial charge in [0.05, 0.1) is 32.4 Å². The molecule has 1 fully saturated rings. The van der Waals surface area contributed by atoms with Gasteiger partial charge in [-0.15, -0.1) is 5.10 Å². The van der Waals surface area contributed by atoms with Gasteiger partial charge in [0.2, 0.25) is 15.9 Å². The van der Waals surface area contributed by atoms with Crippen molar-refractivity contribution in [2.45, 2.75) is 11.3 Å². The first kappa shape index (κ1) is 21.9. The van der Waals surface area contributed by atoms with Gasteiger partial charge in [0.1, 0.15) is 17.0 Å². The van der Waals surface area contributed by atoms with E-state index in [1.54, 1.807) is 36.4 Å². The van der Waals surface area contributed by atoms with E-state index in [1.165, 1.54) is 28.5 Å². The first-order valence-electron chi connectivity index (χ1n) is 9.85. The van der Waals surface area contributed by atoms with E-state index in [1.807, 2.05) is 0 Å². The van der Waals surface area contributed by atoms with Crippen LogP contribution in [0.3, 0.4) is 0 Å². The molecule has 1 N–H and O–H groups in total. The molecule has 168 valence electrons. The van der Waals surface area contributed by atoms with Crippen LogP contribution in [0.25, 0.3) is 5.69 Å². The lowest BCUT2D eigenvalue weighted by atomic mass is 10.1. The topological polar surface area (TPSA) is 129 Å². The van der Waals surface area contributed by atoms with Gasteiger partial charge in [0.25, 0.3) is 0 Å². The maximum Gasteiger partial charge on any atom is 0.246 e. The van der Waals surface area contributed by atoms with Crippen LogP contribution in [0.15, 0.2) is 53.7 Å². The average molecular weight is 459 g/mol. The maximum atomic E-state index is 13.1. The number of nitrogens with zero attached hydrogens (tertiary/aromatic N) is 5. The minimum absolute atomic E-state index is 0.00434. The fraction of sp³-hybridized carbons (Fsp3) is 0.300. The second-order valence-corrected chi connectivity index (χ2v) is 8.93. The Balaban J connectivity index is 1.48. The van der Waals surface area contributed by atoms with Crippen molar-refractivity contribution >= 4 is 21.6 Å². The Morgan fingerprint density at radius 1 is 1.16 bits per heavy atom. The van der Waals surface area contributed by atoms with E-state index >= 15 is 0 Å². The number of carbonyl (C=O) groups is 1. The van der Waals surface area contributed by atoms with Crippen LogP contribution in [0.1, 0.15) is 5.56 Å². The van der Waals surface area contributed by atoms with Crippen LogP contribution in [-0.2, 0) is 26.0 Å². The number of aromatic nitrogens is 4. The first-order chi connectivity index (χ1) is 15.5. The van der Waals surface area contributed by atoms with Crippen molar-refractivity contribution in [1.82, 2.24) is 24.5 Å². The lowest BCUT2D eigenvalue weighted by Gasteiger charge is -2.26. The highest BCUT2D eigenvalue weighted by Gasteiger charge is 2.29. The Hall–Kier alpha value is -3.35.